The summed E-state index contributed by atoms with van der Waals surface area (Å²) >= 11 is 0. The molecule has 1 aliphatic heterocycles. The molecule has 0 atom stereocenters. The van der Waals surface area contributed by atoms with E-state index in [0.717, 1.165) is 33.9 Å². The Balaban J connectivity index is 1.14. The van der Waals surface area contributed by atoms with Crippen molar-refractivity contribution < 1.29 is 23.5 Å². The molecule has 40 heavy (non-hydrogen) atoms. The number of nitrogens with zero attached hydrogens (tertiary/aromatic N) is 1. The van der Waals surface area contributed by atoms with E-state index in [1.807, 2.05) is 78.9 Å². The van der Waals surface area contributed by atoms with Crippen molar-refractivity contribution >= 4 is 28.3 Å². The Hall–Kier alpha value is -5.04. The maximum Gasteiger partial charge on any atom is 0.289 e. The van der Waals surface area contributed by atoms with Crippen molar-refractivity contribution in [2.24, 2.45) is 0 Å². The highest BCUT2D eigenvalue weighted by atomic mass is 16.5. The van der Waals surface area contributed by atoms with Crippen LogP contribution in [0.5, 0.6) is 11.5 Å². The predicted molar refractivity (Wildman–Crippen MR) is 154 cm³/mol. The third kappa shape index (κ3) is 4.78. The van der Waals surface area contributed by atoms with Crippen LogP contribution < -0.4 is 14.8 Å². The Kier molecular flexibility index (Phi) is 6.70. The van der Waals surface area contributed by atoms with Gasteiger partial charge in [-0.15, -0.1) is 0 Å². The minimum absolute atomic E-state index is 0.161. The van der Waals surface area contributed by atoms with Crippen LogP contribution in [-0.4, -0.2) is 37.5 Å². The van der Waals surface area contributed by atoms with Gasteiger partial charge >= 0.3 is 0 Å². The smallest absolute Gasteiger partial charge is 0.289 e. The first-order valence-electron chi connectivity index (χ1n) is 13.1. The number of hydrogen-bond donors (Lipinski definition) is 1. The lowest BCUT2D eigenvalue weighted by Gasteiger charge is -2.29. The van der Waals surface area contributed by atoms with Crippen LogP contribution in [0.3, 0.4) is 0 Å². The molecule has 2 amide bonds. The first kappa shape index (κ1) is 25.2. The topological polar surface area (TPSA) is 81.0 Å². The summed E-state index contributed by atoms with van der Waals surface area (Å²) < 4.78 is 16.8. The third-order valence-corrected chi connectivity index (χ3v) is 7.28. The molecule has 1 aliphatic rings. The molecule has 7 heteroatoms. The minimum atomic E-state index is -0.172. The van der Waals surface area contributed by atoms with Gasteiger partial charge in [0.15, 0.2) is 17.3 Å². The molecule has 7 nitrogen and oxygen atoms in total. The fourth-order valence-electron chi connectivity index (χ4n) is 5.16. The molecule has 4 aromatic carbocycles. The van der Waals surface area contributed by atoms with Crippen LogP contribution in [0.1, 0.15) is 32.0 Å². The molecule has 0 radical (unpaired) electrons. The Morgan fingerprint density at radius 3 is 2.33 bits per heavy atom. The molecule has 0 fully saturated rings. The molecule has 2 heterocycles. The molecule has 5 aromatic rings. The van der Waals surface area contributed by atoms with Crippen molar-refractivity contribution in [3.8, 4) is 22.8 Å². The van der Waals surface area contributed by atoms with Crippen LogP contribution in [0.4, 0.5) is 5.69 Å². The summed E-state index contributed by atoms with van der Waals surface area (Å²) in [4.78, 5) is 28.0. The number of anilines is 1. The molecule has 1 N–H and O–H groups in total. The largest absolute Gasteiger partial charge is 0.493 e. The van der Waals surface area contributed by atoms with E-state index in [9.17, 15) is 9.59 Å². The summed E-state index contributed by atoms with van der Waals surface area (Å²) in [5, 5.41) is 4.89. The van der Waals surface area contributed by atoms with Crippen molar-refractivity contribution in [2.75, 3.05) is 26.1 Å². The zero-order valence-corrected chi connectivity index (χ0v) is 22.3. The van der Waals surface area contributed by atoms with Crippen molar-refractivity contribution in [3.05, 3.63) is 113 Å². The van der Waals surface area contributed by atoms with Crippen molar-refractivity contribution in [2.45, 2.75) is 13.0 Å². The van der Waals surface area contributed by atoms with Crippen LogP contribution >= 0.6 is 0 Å². The summed E-state index contributed by atoms with van der Waals surface area (Å²) in [6.07, 6.45) is 0.723. The van der Waals surface area contributed by atoms with E-state index in [1.54, 1.807) is 31.3 Å². The van der Waals surface area contributed by atoms with E-state index in [2.05, 4.69) is 5.32 Å². The zero-order valence-electron chi connectivity index (χ0n) is 22.3. The van der Waals surface area contributed by atoms with Crippen LogP contribution in [0.2, 0.25) is 0 Å². The number of carbonyl (C=O) groups is 2. The number of fused-ring (bicyclic) bond motifs is 2. The first-order valence-corrected chi connectivity index (χ1v) is 13.1. The molecule has 0 spiro atoms. The summed E-state index contributed by atoms with van der Waals surface area (Å²) in [5.41, 5.74) is 4.28. The van der Waals surface area contributed by atoms with Gasteiger partial charge in [0.1, 0.15) is 5.76 Å². The highest BCUT2D eigenvalue weighted by Crippen LogP contribution is 2.34. The van der Waals surface area contributed by atoms with Crippen LogP contribution in [-0.2, 0) is 13.0 Å². The van der Waals surface area contributed by atoms with Crippen molar-refractivity contribution in [3.63, 3.8) is 0 Å². The average molecular weight is 533 g/mol. The molecule has 6 rings (SSSR count). The van der Waals surface area contributed by atoms with E-state index >= 15 is 0 Å². The summed E-state index contributed by atoms with van der Waals surface area (Å²) in [7, 11) is 3.22. The number of carbonyl (C=O) groups excluding carboxylic acids is 2. The summed E-state index contributed by atoms with van der Waals surface area (Å²) in [6.45, 7) is 1.05. The van der Waals surface area contributed by atoms with Crippen molar-refractivity contribution in [1.82, 2.24) is 4.90 Å². The molecular formula is C33H28N2O5. The normalized spacial score (nSPS) is 12.6. The van der Waals surface area contributed by atoms with E-state index in [-0.39, 0.29) is 17.6 Å². The van der Waals surface area contributed by atoms with Crippen LogP contribution in [0.15, 0.2) is 95.4 Å². The lowest BCUT2D eigenvalue weighted by atomic mass is 9.98. The van der Waals surface area contributed by atoms with Gasteiger partial charge in [-0.3, -0.25) is 9.59 Å². The first-order chi connectivity index (χ1) is 19.5. The lowest BCUT2D eigenvalue weighted by molar-refractivity contribution is 0.0703. The van der Waals surface area contributed by atoms with Gasteiger partial charge in [-0.2, -0.15) is 0 Å². The van der Waals surface area contributed by atoms with E-state index < -0.39 is 0 Å². The SMILES string of the molecule is COc1cc2c(cc1OC)CN(C(=O)c1ccc(-c3ccc(NC(=O)c4cccc5ccccc45)cc3)o1)CC2. The number of nitrogens with one attached hydrogen (secondary N) is 1. The van der Waals surface area contributed by atoms with Gasteiger partial charge in [-0.1, -0.05) is 36.4 Å². The van der Waals surface area contributed by atoms with Crippen LogP contribution in [0.25, 0.3) is 22.1 Å². The minimum Gasteiger partial charge on any atom is -0.493 e. The van der Waals surface area contributed by atoms with Gasteiger partial charge < -0.3 is 24.1 Å². The van der Waals surface area contributed by atoms with Gasteiger partial charge in [-0.25, -0.2) is 0 Å². The number of rotatable bonds is 6. The second-order valence-electron chi connectivity index (χ2n) is 9.67. The van der Waals surface area contributed by atoms with Gasteiger partial charge in [0.05, 0.1) is 14.2 Å². The quantitative estimate of drug-likeness (QED) is 0.268. The van der Waals surface area contributed by atoms with E-state index in [0.29, 0.717) is 41.6 Å². The van der Waals surface area contributed by atoms with Gasteiger partial charge in [0, 0.05) is 29.9 Å². The van der Waals surface area contributed by atoms with E-state index in [4.69, 9.17) is 13.9 Å². The molecule has 0 saturated heterocycles. The summed E-state index contributed by atoms with van der Waals surface area (Å²) in [6, 6.07) is 28.3. The highest BCUT2D eigenvalue weighted by Gasteiger charge is 2.26. The van der Waals surface area contributed by atoms with Gasteiger partial charge in [-0.05, 0) is 82.9 Å². The molecular weight excluding hydrogens is 504 g/mol. The second-order valence-corrected chi connectivity index (χ2v) is 9.67. The monoisotopic (exact) mass is 532 g/mol. The van der Waals surface area contributed by atoms with E-state index in [1.165, 1.54) is 0 Å². The Morgan fingerprint density at radius 2 is 1.55 bits per heavy atom. The fraction of sp³-hybridized carbons (Fsp3) is 0.152. The maximum atomic E-state index is 13.3. The fourth-order valence-corrected chi connectivity index (χ4v) is 5.16. The molecule has 0 aliphatic carbocycles. The number of methoxy groups -OCH3 is 2. The Morgan fingerprint density at radius 1 is 0.825 bits per heavy atom. The summed E-state index contributed by atoms with van der Waals surface area (Å²) in [5.74, 6) is 1.87. The van der Waals surface area contributed by atoms with Gasteiger partial charge in [0.2, 0.25) is 0 Å². The van der Waals surface area contributed by atoms with Gasteiger partial charge in [0.25, 0.3) is 11.8 Å². The number of hydrogen-bond acceptors (Lipinski definition) is 5. The second kappa shape index (κ2) is 10.6. The molecule has 200 valence electrons. The molecule has 0 bridgehead atoms. The molecule has 0 saturated carbocycles. The Bertz CT molecular complexity index is 1720. The predicted octanol–water partition coefficient (Wildman–Crippen LogP) is 6.57. The number of benzene rings is 4. The van der Waals surface area contributed by atoms with Crippen LogP contribution in [0, 0.1) is 0 Å². The maximum absolute atomic E-state index is 13.3. The zero-order chi connectivity index (χ0) is 27.6. The third-order valence-electron chi connectivity index (χ3n) is 7.28. The lowest BCUT2D eigenvalue weighted by Crippen LogP contribution is -2.35. The Labute approximate surface area is 231 Å². The highest BCUT2D eigenvalue weighted by molar-refractivity contribution is 6.13. The molecule has 1 aromatic heterocycles. The number of furan rings is 1. The molecule has 0 unspecified atom stereocenters. The van der Waals surface area contributed by atoms with Crippen molar-refractivity contribution in [1.29, 1.82) is 0 Å². The number of amides is 2. The number of ether oxygens (including phenoxy) is 2. The standard InChI is InChI=1S/C33H28N2O5/c1-38-30-18-23-16-17-35(20-24(23)19-31(30)39-2)33(37)29-15-14-28(40-29)22-10-12-25(13-11-22)34-32(36)27-9-5-7-21-6-3-4-8-26(21)27/h3-15,18-19H,16-17,20H2,1-2H3,(H,34,36). The average Bonchev–Trinajstić information content (AvgIpc) is 3.50.